The van der Waals surface area contributed by atoms with Gasteiger partial charge in [-0.2, -0.15) is 0 Å². The first-order valence-corrected chi connectivity index (χ1v) is 9.32. The van der Waals surface area contributed by atoms with Crippen LogP contribution in [0.1, 0.15) is 12.0 Å². The Kier molecular flexibility index (Phi) is 5.57. The first-order valence-electron chi connectivity index (χ1n) is 7.69. The first kappa shape index (κ1) is 18.1. The lowest BCUT2D eigenvalue weighted by atomic mass is 10.1. The summed E-state index contributed by atoms with van der Waals surface area (Å²) in [6.45, 7) is -0.372. The summed E-state index contributed by atoms with van der Waals surface area (Å²) >= 11 is 13.7. The molecule has 1 aliphatic heterocycles. The third kappa shape index (κ3) is 3.94. The summed E-state index contributed by atoms with van der Waals surface area (Å²) in [7, 11) is 0. The Hall–Kier alpha value is -1.69. The first-order chi connectivity index (χ1) is 12.0. The molecule has 0 saturated carbocycles. The van der Waals surface area contributed by atoms with Gasteiger partial charge in [-0.25, -0.2) is 0 Å². The highest BCUT2D eigenvalue weighted by Gasteiger charge is 2.32. The number of fused-ring (bicyclic) bond motifs is 1. The van der Waals surface area contributed by atoms with Crippen LogP contribution >= 0.6 is 35.0 Å². The summed E-state index contributed by atoms with van der Waals surface area (Å²) in [5, 5.41) is 9.73. The van der Waals surface area contributed by atoms with Crippen LogP contribution in [0.25, 0.3) is 0 Å². The molecule has 1 aliphatic rings. The van der Waals surface area contributed by atoms with E-state index in [4.69, 9.17) is 23.2 Å². The maximum absolute atomic E-state index is 13.0. The number of carboxylic acid groups (broad SMARTS) is 1. The molecular formula is C18H15Cl2NO3S. The van der Waals surface area contributed by atoms with Crippen LogP contribution in [0.3, 0.4) is 0 Å². The third-order valence-corrected chi connectivity index (χ3v) is 6.22. The van der Waals surface area contributed by atoms with E-state index in [2.05, 4.69) is 0 Å². The molecule has 2 aromatic carbocycles. The lowest BCUT2D eigenvalue weighted by Gasteiger charge is -2.24. The van der Waals surface area contributed by atoms with E-state index in [9.17, 15) is 14.7 Å². The van der Waals surface area contributed by atoms with E-state index in [1.54, 1.807) is 30.3 Å². The molecule has 4 nitrogen and oxygen atoms in total. The molecule has 1 N–H and O–H groups in total. The Morgan fingerprint density at radius 3 is 2.52 bits per heavy atom. The van der Waals surface area contributed by atoms with Crippen molar-refractivity contribution in [2.24, 2.45) is 0 Å². The maximum Gasteiger partial charge on any atom is 0.323 e. The van der Waals surface area contributed by atoms with Gasteiger partial charge in [0, 0.05) is 10.6 Å². The summed E-state index contributed by atoms with van der Waals surface area (Å²) in [5.74, 6) is -1.29. The van der Waals surface area contributed by atoms with Gasteiger partial charge in [-0.3, -0.25) is 14.5 Å². The SMILES string of the molecule is O=C(O)CN1C(=O)C(Sc2c(Cl)cccc2Cl)CCc2ccccc21. The summed E-state index contributed by atoms with van der Waals surface area (Å²) in [6.07, 6.45) is 1.26. The zero-order valence-electron chi connectivity index (χ0n) is 13.1. The molecule has 0 fully saturated rings. The number of thioether (sulfide) groups is 1. The monoisotopic (exact) mass is 395 g/mol. The molecule has 0 aliphatic carbocycles. The predicted octanol–water partition coefficient (Wildman–Crippen LogP) is 4.52. The normalized spacial score (nSPS) is 17.1. The standard InChI is InChI=1S/C18H15Cl2NO3S/c19-12-5-3-6-13(20)17(12)25-15-9-8-11-4-1-2-7-14(11)21(18(15)24)10-16(22)23/h1-7,15H,8-10H2,(H,22,23). The zero-order chi connectivity index (χ0) is 18.0. The molecule has 3 rings (SSSR count). The second-order valence-corrected chi connectivity index (χ2v) is 7.67. The van der Waals surface area contributed by atoms with E-state index in [0.29, 0.717) is 33.5 Å². The highest BCUT2D eigenvalue weighted by atomic mass is 35.5. The number of aryl methyl sites for hydroxylation is 1. The molecule has 1 amide bonds. The molecule has 0 radical (unpaired) electrons. The van der Waals surface area contributed by atoms with Gasteiger partial charge in [0.2, 0.25) is 5.91 Å². The Morgan fingerprint density at radius 2 is 1.84 bits per heavy atom. The van der Waals surface area contributed by atoms with Crippen molar-refractivity contribution < 1.29 is 14.7 Å². The number of amides is 1. The summed E-state index contributed by atoms with van der Waals surface area (Å²) in [5.41, 5.74) is 1.62. The Labute approximate surface area is 159 Å². The summed E-state index contributed by atoms with van der Waals surface area (Å²) in [6, 6.07) is 12.6. The number of carbonyl (C=O) groups excluding carboxylic acids is 1. The van der Waals surface area contributed by atoms with Gasteiger partial charge in [0.1, 0.15) is 6.54 Å². The van der Waals surface area contributed by atoms with Gasteiger partial charge in [-0.15, -0.1) is 11.8 Å². The molecule has 7 heteroatoms. The van der Waals surface area contributed by atoms with Crippen LogP contribution in [0.2, 0.25) is 10.0 Å². The Morgan fingerprint density at radius 1 is 1.16 bits per heavy atom. The van der Waals surface area contributed by atoms with Gasteiger partial charge in [0.15, 0.2) is 0 Å². The number of benzene rings is 2. The van der Waals surface area contributed by atoms with E-state index < -0.39 is 11.2 Å². The molecule has 2 aromatic rings. The third-order valence-electron chi connectivity index (χ3n) is 3.97. The maximum atomic E-state index is 13.0. The quantitative estimate of drug-likeness (QED) is 0.826. The van der Waals surface area contributed by atoms with Crippen LogP contribution < -0.4 is 4.90 Å². The number of rotatable bonds is 4. The van der Waals surface area contributed by atoms with E-state index in [-0.39, 0.29) is 12.5 Å². The number of halogens is 2. The van der Waals surface area contributed by atoms with Crippen molar-refractivity contribution in [3.8, 4) is 0 Å². The van der Waals surface area contributed by atoms with Crippen LogP contribution in [0, 0.1) is 0 Å². The molecule has 0 aromatic heterocycles. The number of hydrogen-bond donors (Lipinski definition) is 1. The van der Waals surface area contributed by atoms with Gasteiger partial charge in [-0.05, 0) is 36.6 Å². The van der Waals surface area contributed by atoms with Crippen LogP contribution in [0.15, 0.2) is 47.4 Å². The minimum absolute atomic E-state index is 0.242. The fourth-order valence-electron chi connectivity index (χ4n) is 2.83. The average molecular weight is 396 g/mol. The van der Waals surface area contributed by atoms with Gasteiger partial charge >= 0.3 is 5.97 Å². The number of carbonyl (C=O) groups is 2. The van der Waals surface area contributed by atoms with Crippen molar-refractivity contribution in [2.45, 2.75) is 23.0 Å². The molecule has 1 heterocycles. The highest BCUT2D eigenvalue weighted by molar-refractivity contribution is 8.00. The Balaban J connectivity index is 1.95. The lowest BCUT2D eigenvalue weighted by molar-refractivity contribution is -0.136. The molecular weight excluding hydrogens is 381 g/mol. The molecule has 1 unspecified atom stereocenters. The largest absolute Gasteiger partial charge is 0.480 e. The summed E-state index contributed by atoms with van der Waals surface area (Å²) in [4.78, 5) is 26.3. The highest BCUT2D eigenvalue weighted by Crippen LogP contribution is 2.40. The van der Waals surface area contributed by atoms with E-state index in [1.807, 2.05) is 12.1 Å². The summed E-state index contributed by atoms with van der Waals surface area (Å²) < 4.78 is 0. The van der Waals surface area contributed by atoms with Crippen LogP contribution in [-0.2, 0) is 16.0 Å². The van der Waals surface area contributed by atoms with Crippen molar-refractivity contribution in [2.75, 3.05) is 11.4 Å². The number of anilines is 1. The molecule has 25 heavy (non-hydrogen) atoms. The second-order valence-electron chi connectivity index (χ2n) is 5.64. The fraction of sp³-hybridized carbons (Fsp3) is 0.222. The minimum Gasteiger partial charge on any atom is -0.480 e. The van der Waals surface area contributed by atoms with Crippen molar-refractivity contribution in [3.05, 3.63) is 58.1 Å². The fourth-order valence-corrected chi connectivity index (χ4v) is 4.61. The molecule has 0 saturated heterocycles. The number of aliphatic carboxylic acids is 1. The van der Waals surface area contributed by atoms with Gasteiger partial charge in [0.05, 0.1) is 15.3 Å². The molecule has 0 spiro atoms. The number of para-hydroxylation sites is 1. The van der Waals surface area contributed by atoms with Crippen molar-refractivity contribution in [1.82, 2.24) is 0 Å². The van der Waals surface area contributed by atoms with Crippen LogP contribution in [0.4, 0.5) is 5.69 Å². The number of carboxylic acids is 1. The van der Waals surface area contributed by atoms with E-state index in [0.717, 1.165) is 5.56 Å². The van der Waals surface area contributed by atoms with Gasteiger partial charge in [-0.1, -0.05) is 47.5 Å². The zero-order valence-corrected chi connectivity index (χ0v) is 15.4. The molecule has 130 valence electrons. The van der Waals surface area contributed by atoms with Crippen LogP contribution in [0.5, 0.6) is 0 Å². The van der Waals surface area contributed by atoms with Gasteiger partial charge in [0.25, 0.3) is 0 Å². The van der Waals surface area contributed by atoms with Gasteiger partial charge < -0.3 is 5.11 Å². The van der Waals surface area contributed by atoms with E-state index >= 15 is 0 Å². The van der Waals surface area contributed by atoms with E-state index in [1.165, 1.54) is 16.7 Å². The molecule has 0 bridgehead atoms. The van der Waals surface area contributed by atoms with Crippen LogP contribution in [-0.4, -0.2) is 28.8 Å². The smallest absolute Gasteiger partial charge is 0.323 e. The molecule has 1 atom stereocenters. The number of hydrogen-bond acceptors (Lipinski definition) is 3. The minimum atomic E-state index is -1.05. The van der Waals surface area contributed by atoms with Crippen molar-refractivity contribution in [1.29, 1.82) is 0 Å². The Bertz CT molecular complexity index is 807. The van der Waals surface area contributed by atoms with Crippen molar-refractivity contribution in [3.63, 3.8) is 0 Å². The topological polar surface area (TPSA) is 57.6 Å². The van der Waals surface area contributed by atoms with Crippen molar-refractivity contribution >= 4 is 52.5 Å². The number of nitrogens with zero attached hydrogens (tertiary/aromatic N) is 1. The predicted molar refractivity (Wildman–Crippen MR) is 101 cm³/mol. The lowest BCUT2D eigenvalue weighted by Crippen LogP contribution is -2.40. The average Bonchev–Trinajstić information content (AvgIpc) is 2.70. The second kappa shape index (κ2) is 7.68.